The number of carbonyl (C=O) groups excluding carboxylic acids is 1. The zero-order valence-electron chi connectivity index (χ0n) is 14.9. The van der Waals surface area contributed by atoms with Crippen molar-refractivity contribution in [2.45, 2.75) is 38.6 Å². The zero-order valence-corrected chi connectivity index (χ0v) is 15.7. The van der Waals surface area contributed by atoms with Gasteiger partial charge in [0.05, 0.1) is 12.2 Å². The number of aryl methyl sites for hydroxylation is 2. The predicted molar refractivity (Wildman–Crippen MR) is 103 cm³/mol. The van der Waals surface area contributed by atoms with Crippen LogP contribution in [0.5, 0.6) is 0 Å². The Hall–Kier alpha value is -2.40. The van der Waals surface area contributed by atoms with Crippen LogP contribution >= 0.6 is 11.3 Å². The molecule has 4 rings (SSSR count). The number of likely N-dealkylation sites (tertiary alicyclic amines) is 1. The molecule has 0 saturated carbocycles. The topological polar surface area (TPSA) is 46.3 Å². The summed E-state index contributed by atoms with van der Waals surface area (Å²) in [6.45, 7) is 2.91. The summed E-state index contributed by atoms with van der Waals surface area (Å²) in [5.41, 5.74) is 2.22. The average molecular weight is 366 g/mol. The van der Waals surface area contributed by atoms with Crippen molar-refractivity contribution in [2.24, 2.45) is 0 Å². The van der Waals surface area contributed by atoms with Crippen LogP contribution in [0, 0.1) is 6.92 Å². The van der Waals surface area contributed by atoms with E-state index in [9.17, 15) is 4.79 Å². The lowest BCUT2D eigenvalue weighted by Gasteiger charge is -2.23. The first kappa shape index (κ1) is 17.0. The average Bonchev–Trinajstić information content (AvgIpc) is 3.40. The van der Waals surface area contributed by atoms with E-state index in [0.29, 0.717) is 18.7 Å². The van der Waals surface area contributed by atoms with Gasteiger partial charge in [0.1, 0.15) is 0 Å². The number of carbonyl (C=O) groups is 1. The van der Waals surface area contributed by atoms with Crippen LogP contribution in [0.3, 0.4) is 0 Å². The summed E-state index contributed by atoms with van der Waals surface area (Å²) in [5, 5.41) is 2.08. The second-order valence-electron chi connectivity index (χ2n) is 6.74. The lowest BCUT2D eigenvalue weighted by Crippen LogP contribution is -2.30. The molecule has 4 nitrogen and oxygen atoms in total. The van der Waals surface area contributed by atoms with Gasteiger partial charge in [-0.05, 0) is 31.2 Å². The standard InChI is InChI=1S/C21H22N2O2S/c1-15-6-8-16(9-7-15)18-14-22-20(25-18)10-11-21(24)23-12-2-4-17(23)19-5-3-13-26-19/h3,5-9,13-14,17H,2,4,10-12H2,1H3. The Kier molecular flexibility index (Phi) is 4.89. The number of aromatic nitrogens is 1. The first-order chi connectivity index (χ1) is 12.7. The van der Waals surface area contributed by atoms with Crippen LogP contribution in [0.2, 0.25) is 0 Å². The van der Waals surface area contributed by atoms with Crippen molar-refractivity contribution in [3.63, 3.8) is 0 Å². The summed E-state index contributed by atoms with van der Waals surface area (Å²) in [5.74, 6) is 1.57. The third kappa shape index (κ3) is 3.58. The van der Waals surface area contributed by atoms with Crippen molar-refractivity contribution in [1.29, 1.82) is 0 Å². The summed E-state index contributed by atoms with van der Waals surface area (Å²) in [6, 6.07) is 12.6. The van der Waals surface area contributed by atoms with Crippen LogP contribution in [0.15, 0.2) is 52.4 Å². The van der Waals surface area contributed by atoms with Gasteiger partial charge in [-0.3, -0.25) is 4.79 Å². The van der Waals surface area contributed by atoms with Crippen molar-refractivity contribution in [1.82, 2.24) is 9.88 Å². The molecule has 0 radical (unpaired) electrons. The van der Waals surface area contributed by atoms with E-state index in [4.69, 9.17) is 4.42 Å². The van der Waals surface area contributed by atoms with Gasteiger partial charge in [0.2, 0.25) is 5.91 Å². The van der Waals surface area contributed by atoms with Gasteiger partial charge in [0.15, 0.2) is 11.7 Å². The Bertz CT molecular complexity index is 868. The first-order valence-electron chi connectivity index (χ1n) is 9.05. The van der Waals surface area contributed by atoms with Crippen LogP contribution in [-0.4, -0.2) is 22.3 Å². The van der Waals surface area contributed by atoms with Gasteiger partial charge in [0, 0.05) is 29.8 Å². The fraction of sp³-hybridized carbons (Fsp3) is 0.333. The highest BCUT2D eigenvalue weighted by Gasteiger charge is 2.30. The molecule has 1 atom stereocenters. The lowest BCUT2D eigenvalue weighted by molar-refractivity contribution is -0.132. The second-order valence-corrected chi connectivity index (χ2v) is 7.72. The molecule has 134 valence electrons. The van der Waals surface area contributed by atoms with Gasteiger partial charge in [-0.25, -0.2) is 4.98 Å². The molecule has 1 aliphatic heterocycles. The fourth-order valence-electron chi connectivity index (χ4n) is 3.48. The monoisotopic (exact) mass is 366 g/mol. The van der Waals surface area contributed by atoms with E-state index < -0.39 is 0 Å². The molecule has 2 aromatic heterocycles. The van der Waals surface area contributed by atoms with E-state index in [0.717, 1.165) is 30.7 Å². The molecule has 1 saturated heterocycles. The maximum absolute atomic E-state index is 12.7. The lowest BCUT2D eigenvalue weighted by atomic mass is 10.1. The van der Waals surface area contributed by atoms with Gasteiger partial charge in [0.25, 0.3) is 0 Å². The second kappa shape index (κ2) is 7.46. The normalized spacial score (nSPS) is 17.0. The van der Waals surface area contributed by atoms with Gasteiger partial charge in [-0.15, -0.1) is 11.3 Å². The van der Waals surface area contributed by atoms with Crippen molar-refractivity contribution in [2.75, 3.05) is 6.54 Å². The molecule has 0 bridgehead atoms. The Labute approximate surface area is 157 Å². The van der Waals surface area contributed by atoms with Crippen molar-refractivity contribution in [3.8, 4) is 11.3 Å². The molecule has 0 spiro atoms. The number of thiophene rings is 1. The summed E-state index contributed by atoms with van der Waals surface area (Å²) >= 11 is 1.73. The quantitative estimate of drug-likeness (QED) is 0.638. The number of benzene rings is 1. The Morgan fingerprint density at radius 2 is 2.15 bits per heavy atom. The highest BCUT2D eigenvalue weighted by molar-refractivity contribution is 7.10. The molecule has 3 aromatic rings. The van der Waals surface area contributed by atoms with E-state index in [1.54, 1.807) is 17.5 Å². The predicted octanol–water partition coefficient (Wildman–Crippen LogP) is 5.01. The molecule has 1 unspecified atom stereocenters. The number of oxazole rings is 1. The number of nitrogens with zero attached hydrogens (tertiary/aromatic N) is 2. The molecule has 1 fully saturated rings. The molecule has 1 aromatic carbocycles. The van der Waals surface area contributed by atoms with E-state index in [2.05, 4.69) is 41.6 Å². The number of hydrogen-bond donors (Lipinski definition) is 0. The van der Waals surface area contributed by atoms with Gasteiger partial charge in [-0.1, -0.05) is 35.9 Å². The van der Waals surface area contributed by atoms with Crippen LogP contribution < -0.4 is 0 Å². The highest BCUT2D eigenvalue weighted by atomic mass is 32.1. The highest BCUT2D eigenvalue weighted by Crippen LogP contribution is 2.35. The maximum atomic E-state index is 12.7. The molecule has 3 heterocycles. The van der Waals surface area contributed by atoms with Gasteiger partial charge < -0.3 is 9.32 Å². The van der Waals surface area contributed by atoms with Crippen molar-refractivity contribution >= 4 is 17.2 Å². The molecule has 1 amide bonds. The van der Waals surface area contributed by atoms with Crippen LogP contribution in [0.4, 0.5) is 0 Å². The Morgan fingerprint density at radius 3 is 2.92 bits per heavy atom. The van der Waals surface area contributed by atoms with Crippen LogP contribution in [0.1, 0.15) is 41.6 Å². The number of hydrogen-bond acceptors (Lipinski definition) is 4. The SMILES string of the molecule is Cc1ccc(-c2cnc(CCC(=O)N3CCCC3c3cccs3)o2)cc1. The van der Waals surface area contributed by atoms with E-state index in [1.807, 2.05) is 17.0 Å². The van der Waals surface area contributed by atoms with E-state index >= 15 is 0 Å². The maximum Gasteiger partial charge on any atom is 0.223 e. The molecular formula is C21H22N2O2S. The summed E-state index contributed by atoms with van der Waals surface area (Å²) in [6.07, 6.45) is 4.86. The third-order valence-corrected chi connectivity index (χ3v) is 5.86. The number of rotatable bonds is 5. The first-order valence-corrected chi connectivity index (χ1v) is 9.93. The van der Waals surface area contributed by atoms with Crippen LogP contribution in [0.25, 0.3) is 11.3 Å². The molecule has 5 heteroatoms. The minimum absolute atomic E-state index is 0.191. The van der Waals surface area contributed by atoms with Gasteiger partial charge >= 0.3 is 0 Å². The molecule has 0 N–H and O–H groups in total. The zero-order chi connectivity index (χ0) is 17.9. The summed E-state index contributed by atoms with van der Waals surface area (Å²) in [4.78, 5) is 20.4. The van der Waals surface area contributed by atoms with Gasteiger partial charge in [-0.2, -0.15) is 0 Å². The minimum Gasteiger partial charge on any atom is -0.441 e. The van der Waals surface area contributed by atoms with Crippen LogP contribution in [-0.2, 0) is 11.2 Å². The smallest absolute Gasteiger partial charge is 0.223 e. The minimum atomic E-state index is 0.191. The summed E-state index contributed by atoms with van der Waals surface area (Å²) < 4.78 is 5.84. The molecule has 26 heavy (non-hydrogen) atoms. The largest absolute Gasteiger partial charge is 0.441 e. The van der Waals surface area contributed by atoms with E-state index in [-0.39, 0.29) is 11.9 Å². The molecular weight excluding hydrogens is 344 g/mol. The third-order valence-electron chi connectivity index (χ3n) is 4.89. The van der Waals surface area contributed by atoms with Crippen molar-refractivity contribution < 1.29 is 9.21 Å². The number of amides is 1. The molecule has 1 aliphatic rings. The van der Waals surface area contributed by atoms with Crippen molar-refractivity contribution in [3.05, 3.63) is 64.3 Å². The Morgan fingerprint density at radius 1 is 1.31 bits per heavy atom. The fourth-order valence-corrected chi connectivity index (χ4v) is 4.35. The Balaban J connectivity index is 1.38. The summed E-state index contributed by atoms with van der Waals surface area (Å²) in [7, 11) is 0. The van der Waals surface area contributed by atoms with E-state index in [1.165, 1.54) is 10.4 Å². The molecule has 0 aliphatic carbocycles.